The molecular formula is C20H36O8S. The molecule has 0 aromatic carbocycles. The van der Waals surface area contributed by atoms with Crippen LogP contribution in [0.1, 0.15) is 9.75 Å². The largest absolute Gasteiger partial charge is 0.486 e. The second kappa shape index (κ2) is 17.9. The molecule has 0 aliphatic carbocycles. The third-order valence-corrected chi connectivity index (χ3v) is 4.69. The van der Waals surface area contributed by atoms with Crippen molar-refractivity contribution in [1.82, 2.24) is 0 Å². The monoisotopic (exact) mass is 436 g/mol. The second-order valence-corrected chi connectivity index (χ2v) is 7.43. The van der Waals surface area contributed by atoms with Crippen LogP contribution < -0.4 is 9.47 Å². The Balaban J connectivity index is 2.16. The highest BCUT2D eigenvalue weighted by Gasteiger charge is 2.16. The van der Waals surface area contributed by atoms with Gasteiger partial charge in [-0.05, 0) is 13.8 Å². The molecule has 1 aromatic rings. The quantitative estimate of drug-likeness (QED) is 0.289. The summed E-state index contributed by atoms with van der Waals surface area (Å²) >= 11 is 1.66. The molecule has 0 fully saturated rings. The second-order valence-electron chi connectivity index (χ2n) is 6.00. The Morgan fingerprint density at radius 3 is 1.14 bits per heavy atom. The van der Waals surface area contributed by atoms with Crippen LogP contribution >= 0.6 is 11.3 Å². The molecule has 1 aromatic heterocycles. The van der Waals surface area contributed by atoms with Crippen molar-refractivity contribution in [3.8, 4) is 11.5 Å². The average molecular weight is 437 g/mol. The summed E-state index contributed by atoms with van der Waals surface area (Å²) in [4.78, 5) is 2.18. The van der Waals surface area contributed by atoms with E-state index in [9.17, 15) is 0 Å². The van der Waals surface area contributed by atoms with Crippen LogP contribution in [0.25, 0.3) is 0 Å². The molecule has 1 heterocycles. The molecule has 1 rings (SSSR count). The van der Waals surface area contributed by atoms with Gasteiger partial charge in [-0.15, -0.1) is 11.3 Å². The number of hydrogen-bond acceptors (Lipinski definition) is 9. The molecule has 0 N–H and O–H groups in total. The van der Waals surface area contributed by atoms with E-state index in [1.807, 2.05) is 13.8 Å². The summed E-state index contributed by atoms with van der Waals surface area (Å²) in [6.45, 7) is 10.5. The maximum Gasteiger partial charge on any atom is 0.175 e. The number of methoxy groups -OCH3 is 2. The van der Waals surface area contributed by atoms with Crippen molar-refractivity contribution in [2.24, 2.45) is 0 Å². The molecule has 0 aliphatic rings. The molecule has 170 valence electrons. The van der Waals surface area contributed by atoms with Crippen molar-refractivity contribution < 1.29 is 37.9 Å². The molecule has 0 atom stereocenters. The van der Waals surface area contributed by atoms with Gasteiger partial charge >= 0.3 is 0 Å². The van der Waals surface area contributed by atoms with Gasteiger partial charge in [0.05, 0.1) is 66.1 Å². The Morgan fingerprint density at radius 1 is 0.483 bits per heavy atom. The summed E-state index contributed by atoms with van der Waals surface area (Å²) in [6.07, 6.45) is 0. The third-order valence-electron chi connectivity index (χ3n) is 3.71. The average Bonchev–Trinajstić information content (AvgIpc) is 2.98. The highest BCUT2D eigenvalue weighted by atomic mass is 32.1. The van der Waals surface area contributed by atoms with Crippen LogP contribution in [0.5, 0.6) is 11.5 Å². The first-order chi connectivity index (χ1) is 14.2. The zero-order valence-electron chi connectivity index (χ0n) is 18.2. The van der Waals surface area contributed by atoms with Gasteiger partial charge in [0.2, 0.25) is 0 Å². The Labute approximate surface area is 178 Å². The van der Waals surface area contributed by atoms with E-state index < -0.39 is 0 Å². The van der Waals surface area contributed by atoms with Crippen LogP contribution in [-0.2, 0) is 28.4 Å². The van der Waals surface area contributed by atoms with E-state index in [2.05, 4.69) is 0 Å². The molecule has 0 saturated carbocycles. The smallest absolute Gasteiger partial charge is 0.175 e. The Bertz CT molecular complexity index is 466. The Hall–Kier alpha value is -0.940. The van der Waals surface area contributed by atoms with Gasteiger partial charge in [0.25, 0.3) is 0 Å². The van der Waals surface area contributed by atoms with Crippen LogP contribution in [0.2, 0.25) is 0 Å². The van der Waals surface area contributed by atoms with Crippen molar-refractivity contribution in [2.75, 3.05) is 93.5 Å². The highest BCUT2D eigenvalue weighted by Crippen LogP contribution is 2.41. The van der Waals surface area contributed by atoms with Gasteiger partial charge in [0, 0.05) is 24.0 Å². The van der Waals surface area contributed by atoms with Gasteiger partial charge in [0.15, 0.2) is 11.5 Å². The summed E-state index contributed by atoms with van der Waals surface area (Å²) in [5.74, 6) is 1.57. The summed E-state index contributed by atoms with van der Waals surface area (Å²) in [7, 11) is 3.30. The topological polar surface area (TPSA) is 73.8 Å². The third kappa shape index (κ3) is 12.4. The SMILES string of the molecule is COCCOCCOCCOc1c(C)sc(C)c1OCCOCCOCCOC. The summed E-state index contributed by atoms with van der Waals surface area (Å²) in [5.41, 5.74) is 0. The van der Waals surface area contributed by atoms with E-state index in [1.165, 1.54) is 0 Å². The summed E-state index contributed by atoms with van der Waals surface area (Å²) in [5, 5.41) is 0. The number of rotatable bonds is 20. The van der Waals surface area contributed by atoms with E-state index in [4.69, 9.17) is 37.9 Å². The van der Waals surface area contributed by atoms with E-state index in [0.717, 1.165) is 21.3 Å². The molecule has 0 spiro atoms. The fourth-order valence-corrected chi connectivity index (χ4v) is 3.26. The lowest BCUT2D eigenvalue weighted by molar-refractivity contribution is 0.0160. The van der Waals surface area contributed by atoms with Crippen molar-refractivity contribution in [2.45, 2.75) is 13.8 Å². The van der Waals surface area contributed by atoms with Crippen LogP contribution in [0, 0.1) is 13.8 Å². The zero-order chi connectivity index (χ0) is 21.2. The molecule has 0 aliphatic heterocycles. The maximum absolute atomic E-state index is 5.89. The predicted molar refractivity (Wildman–Crippen MR) is 112 cm³/mol. The number of aryl methyl sites for hydroxylation is 2. The predicted octanol–water partition coefficient (Wildman–Crippen LogP) is 2.48. The molecular weight excluding hydrogens is 400 g/mol. The van der Waals surface area contributed by atoms with Gasteiger partial charge in [-0.1, -0.05) is 0 Å². The van der Waals surface area contributed by atoms with E-state index in [0.29, 0.717) is 79.3 Å². The first kappa shape index (κ1) is 26.1. The van der Waals surface area contributed by atoms with E-state index in [-0.39, 0.29) is 0 Å². The molecule has 0 bridgehead atoms. The van der Waals surface area contributed by atoms with Crippen LogP contribution in [0.4, 0.5) is 0 Å². The minimum atomic E-state index is 0.459. The van der Waals surface area contributed by atoms with Gasteiger partial charge in [0.1, 0.15) is 13.2 Å². The van der Waals surface area contributed by atoms with Gasteiger partial charge in [-0.3, -0.25) is 0 Å². The minimum Gasteiger partial charge on any atom is -0.486 e. The fraction of sp³-hybridized carbons (Fsp3) is 0.800. The summed E-state index contributed by atoms with van der Waals surface area (Å²) < 4.78 is 43.3. The molecule has 8 nitrogen and oxygen atoms in total. The number of ether oxygens (including phenoxy) is 8. The van der Waals surface area contributed by atoms with Gasteiger partial charge < -0.3 is 37.9 Å². The van der Waals surface area contributed by atoms with Crippen molar-refractivity contribution in [1.29, 1.82) is 0 Å². The first-order valence-corrected chi connectivity index (χ1v) is 10.7. The molecule has 0 amide bonds. The number of thiophene rings is 1. The normalized spacial score (nSPS) is 11.2. The Kier molecular flexibility index (Phi) is 16.1. The molecule has 29 heavy (non-hydrogen) atoms. The van der Waals surface area contributed by atoms with Crippen molar-refractivity contribution in [3.63, 3.8) is 0 Å². The van der Waals surface area contributed by atoms with Crippen LogP contribution in [-0.4, -0.2) is 93.5 Å². The van der Waals surface area contributed by atoms with Crippen LogP contribution in [0.3, 0.4) is 0 Å². The van der Waals surface area contributed by atoms with Crippen molar-refractivity contribution >= 4 is 11.3 Å². The highest BCUT2D eigenvalue weighted by molar-refractivity contribution is 7.12. The standard InChI is InChI=1S/C20H36O8S/c1-17-19(27-15-13-25-11-9-23-7-5-21-3)20(18(2)29-17)28-16-14-26-12-10-24-8-6-22-4/h5-16H2,1-4H3. The molecule has 0 unspecified atom stereocenters. The molecule has 0 saturated heterocycles. The molecule has 0 radical (unpaired) electrons. The van der Waals surface area contributed by atoms with E-state index in [1.54, 1.807) is 25.6 Å². The van der Waals surface area contributed by atoms with Gasteiger partial charge in [-0.2, -0.15) is 0 Å². The van der Waals surface area contributed by atoms with Crippen molar-refractivity contribution in [3.05, 3.63) is 9.75 Å². The zero-order valence-corrected chi connectivity index (χ0v) is 19.0. The van der Waals surface area contributed by atoms with Crippen LogP contribution in [0.15, 0.2) is 0 Å². The minimum absolute atomic E-state index is 0.459. The lowest BCUT2D eigenvalue weighted by atomic mass is 10.4. The fourth-order valence-electron chi connectivity index (χ4n) is 2.31. The van der Waals surface area contributed by atoms with E-state index >= 15 is 0 Å². The lowest BCUT2D eigenvalue weighted by Gasteiger charge is -2.12. The Morgan fingerprint density at radius 2 is 0.793 bits per heavy atom. The first-order valence-electron chi connectivity index (χ1n) is 9.85. The maximum atomic E-state index is 5.89. The molecule has 9 heteroatoms. The summed E-state index contributed by atoms with van der Waals surface area (Å²) in [6, 6.07) is 0. The lowest BCUT2D eigenvalue weighted by Crippen LogP contribution is -2.14. The van der Waals surface area contributed by atoms with Gasteiger partial charge in [-0.25, -0.2) is 0 Å². The number of hydrogen-bond donors (Lipinski definition) is 0.